The molecular weight excluding hydrogens is 206 g/mol. The average molecular weight is 221 g/mol. The summed E-state index contributed by atoms with van der Waals surface area (Å²) in [5.41, 5.74) is 5.78. The SMILES string of the molecule is C#CCN1C(=O)N=C(N)C1C1CCCOC1. The first kappa shape index (κ1) is 11.0. The number of carbonyl (C=O) groups is 1. The molecule has 0 bridgehead atoms. The Morgan fingerprint density at radius 2 is 2.50 bits per heavy atom. The minimum atomic E-state index is -0.328. The van der Waals surface area contributed by atoms with Crippen LogP contribution in [0.1, 0.15) is 12.8 Å². The maximum absolute atomic E-state index is 11.5. The number of urea groups is 1. The average Bonchev–Trinajstić information content (AvgIpc) is 2.56. The van der Waals surface area contributed by atoms with Crippen molar-refractivity contribution in [3.05, 3.63) is 0 Å². The second-order valence-corrected chi connectivity index (χ2v) is 4.07. The minimum Gasteiger partial charge on any atom is -0.385 e. The first-order valence-corrected chi connectivity index (χ1v) is 5.40. The Kier molecular flexibility index (Phi) is 3.11. The fourth-order valence-corrected chi connectivity index (χ4v) is 2.29. The summed E-state index contributed by atoms with van der Waals surface area (Å²) in [5.74, 6) is 3.06. The molecule has 0 aromatic heterocycles. The number of hydrogen-bond acceptors (Lipinski definition) is 3. The van der Waals surface area contributed by atoms with E-state index in [4.69, 9.17) is 16.9 Å². The molecule has 0 aromatic carbocycles. The lowest BCUT2D eigenvalue weighted by molar-refractivity contribution is 0.0366. The van der Waals surface area contributed by atoms with Gasteiger partial charge in [-0.05, 0) is 12.8 Å². The summed E-state index contributed by atoms with van der Waals surface area (Å²) in [4.78, 5) is 16.9. The van der Waals surface area contributed by atoms with Gasteiger partial charge in [-0.3, -0.25) is 0 Å². The highest BCUT2D eigenvalue weighted by Crippen LogP contribution is 2.25. The Morgan fingerprint density at radius 1 is 1.69 bits per heavy atom. The maximum Gasteiger partial charge on any atom is 0.346 e. The molecule has 5 nitrogen and oxygen atoms in total. The summed E-state index contributed by atoms with van der Waals surface area (Å²) in [6.45, 7) is 1.66. The van der Waals surface area contributed by atoms with E-state index in [1.807, 2.05) is 0 Å². The normalized spacial score (nSPS) is 30.1. The van der Waals surface area contributed by atoms with Crippen molar-refractivity contribution in [3.63, 3.8) is 0 Å². The van der Waals surface area contributed by atoms with Crippen LogP contribution in [0.5, 0.6) is 0 Å². The number of hydrogen-bond donors (Lipinski definition) is 1. The van der Waals surface area contributed by atoms with E-state index in [0.29, 0.717) is 12.4 Å². The molecule has 1 fully saturated rings. The van der Waals surface area contributed by atoms with Gasteiger partial charge in [-0.2, -0.15) is 4.99 Å². The Bertz CT molecular complexity index is 353. The zero-order chi connectivity index (χ0) is 11.5. The van der Waals surface area contributed by atoms with Gasteiger partial charge in [0.05, 0.1) is 19.2 Å². The number of amidine groups is 1. The number of nitrogens with zero attached hydrogens (tertiary/aromatic N) is 2. The third kappa shape index (κ3) is 1.89. The van der Waals surface area contributed by atoms with Crippen molar-refractivity contribution in [3.8, 4) is 12.3 Å². The molecule has 16 heavy (non-hydrogen) atoms. The van der Waals surface area contributed by atoms with Gasteiger partial charge in [0, 0.05) is 12.5 Å². The molecule has 2 aliphatic rings. The summed E-state index contributed by atoms with van der Waals surface area (Å²) >= 11 is 0. The zero-order valence-electron chi connectivity index (χ0n) is 9.06. The molecule has 2 aliphatic heterocycles. The van der Waals surface area contributed by atoms with Crippen LogP contribution in [0.15, 0.2) is 4.99 Å². The number of rotatable bonds is 2. The minimum absolute atomic E-state index is 0.177. The van der Waals surface area contributed by atoms with Crippen molar-refractivity contribution in [2.24, 2.45) is 16.6 Å². The van der Waals surface area contributed by atoms with Crippen LogP contribution in [-0.2, 0) is 4.74 Å². The van der Waals surface area contributed by atoms with E-state index in [9.17, 15) is 4.79 Å². The number of amides is 2. The molecule has 5 heteroatoms. The lowest BCUT2D eigenvalue weighted by Gasteiger charge is -2.32. The van der Waals surface area contributed by atoms with Crippen LogP contribution < -0.4 is 5.73 Å². The number of ether oxygens (including phenoxy) is 1. The second-order valence-electron chi connectivity index (χ2n) is 4.07. The number of terminal acetylenes is 1. The number of nitrogens with two attached hydrogens (primary N) is 1. The molecule has 2 N–H and O–H groups in total. The maximum atomic E-state index is 11.5. The van der Waals surface area contributed by atoms with Crippen molar-refractivity contribution < 1.29 is 9.53 Å². The van der Waals surface area contributed by atoms with Gasteiger partial charge < -0.3 is 15.4 Å². The van der Waals surface area contributed by atoms with E-state index in [1.165, 1.54) is 0 Å². The summed E-state index contributed by atoms with van der Waals surface area (Å²) in [7, 11) is 0. The lowest BCUT2D eigenvalue weighted by atomic mass is 9.92. The first-order valence-electron chi connectivity index (χ1n) is 5.40. The molecule has 0 radical (unpaired) electrons. The predicted molar refractivity (Wildman–Crippen MR) is 59.9 cm³/mol. The summed E-state index contributed by atoms with van der Waals surface area (Å²) in [6.07, 6.45) is 7.23. The first-order chi connectivity index (χ1) is 7.74. The fraction of sp³-hybridized carbons (Fsp3) is 0.636. The summed E-state index contributed by atoms with van der Waals surface area (Å²) < 4.78 is 5.40. The quantitative estimate of drug-likeness (QED) is 0.678. The van der Waals surface area contributed by atoms with Crippen molar-refractivity contribution in [1.29, 1.82) is 0 Å². The molecule has 0 spiro atoms. The smallest absolute Gasteiger partial charge is 0.346 e. The third-order valence-corrected chi connectivity index (χ3v) is 3.01. The molecule has 0 saturated carbocycles. The Labute approximate surface area is 94.6 Å². The largest absolute Gasteiger partial charge is 0.385 e. The van der Waals surface area contributed by atoms with E-state index < -0.39 is 0 Å². The van der Waals surface area contributed by atoms with Crippen molar-refractivity contribution in [1.82, 2.24) is 4.90 Å². The summed E-state index contributed by atoms with van der Waals surface area (Å²) in [6, 6.07) is -0.505. The Morgan fingerprint density at radius 3 is 3.12 bits per heavy atom. The van der Waals surface area contributed by atoms with Gasteiger partial charge in [0.15, 0.2) is 0 Å². The second kappa shape index (κ2) is 4.54. The van der Waals surface area contributed by atoms with Gasteiger partial charge in [0.1, 0.15) is 5.84 Å². The highest BCUT2D eigenvalue weighted by atomic mass is 16.5. The number of aliphatic imine (C=N–C) groups is 1. The molecule has 2 atom stereocenters. The third-order valence-electron chi connectivity index (χ3n) is 3.01. The Hall–Kier alpha value is -1.54. The van der Waals surface area contributed by atoms with E-state index in [2.05, 4.69) is 10.9 Å². The molecule has 2 heterocycles. The van der Waals surface area contributed by atoms with Crippen LogP contribution >= 0.6 is 0 Å². The monoisotopic (exact) mass is 221 g/mol. The molecule has 2 amide bonds. The van der Waals surface area contributed by atoms with Crippen LogP contribution in [0.25, 0.3) is 0 Å². The van der Waals surface area contributed by atoms with Crippen LogP contribution in [-0.4, -0.2) is 42.6 Å². The van der Waals surface area contributed by atoms with Gasteiger partial charge in [0.2, 0.25) is 0 Å². The van der Waals surface area contributed by atoms with Gasteiger partial charge in [-0.1, -0.05) is 5.92 Å². The molecule has 0 aliphatic carbocycles. The molecular formula is C11H15N3O2. The van der Waals surface area contributed by atoms with Crippen molar-refractivity contribution >= 4 is 11.9 Å². The van der Waals surface area contributed by atoms with E-state index >= 15 is 0 Å². The van der Waals surface area contributed by atoms with E-state index in [-0.39, 0.29) is 24.5 Å². The van der Waals surface area contributed by atoms with Gasteiger partial charge in [0.25, 0.3) is 0 Å². The standard InChI is InChI=1S/C11H15N3O2/c1-2-5-14-9(10(12)13-11(14)15)8-4-3-6-16-7-8/h1,8-9H,3-7H2,(H2,12,13,15). The summed E-state index contributed by atoms with van der Waals surface area (Å²) in [5, 5.41) is 0. The van der Waals surface area contributed by atoms with Gasteiger partial charge >= 0.3 is 6.03 Å². The van der Waals surface area contributed by atoms with Crippen molar-refractivity contribution in [2.45, 2.75) is 18.9 Å². The predicted octanol–water partition coefficient (Wildman–Crippen LogP) is 0.208. The van der Waals surface area contributed by atoms with Crippen LogP contribution in [0.3, 0.4) is 0 Å². The van der Waals surface area contributed by atoms with Crippen molar-refractivity contribution in [2.75, 3.05) is 19.8 Å². The highest BCUT2D eigenvalue weighted by molar-refractivity contribution is 6.03. The van der Waals surface area contributed by atoms with Gasteiger partial charge in [-0.15, -0.1) is 6.42 Å². The molecule has 86 valence electrons. The highest BCUT2D eigenvalue weighted by Gasteiger charge is 2.39. The topological polar surface area (TPSA) is 67.9 Å². The van der Waals surface area contributed by atoms with E-state index in [1.54, 1.807) is 4.90 Å². The van der Waals surface area contributed by atoms with Crippen LogP contribution in [0.2, 0.25) is 0 Å². The Balaban J connectivity index is 2.13. The fourth-order valence-electron chi connectivity index (χ4n) is 2.29. The molecule has 1 saturated heterocycles. The van der Waals surface area contributed by atoms with Crippen LogP contribution in [0, 0.1) is 18.3 Å². The molecule has 2 unspecified atom stereocenters. The zero-order valence-corrected chi connectivity index (χ0v) is 9.06. The molecule has 0 aromatic rings. The lowest BCUT2D eigenvalue weighted by Crippen LogP contribution is -2.48. The molecule has 2 rings (SSSR count). The number of carbonyl (C=O) groups excluding carboxylic acids is 1. The van der Waals surface area contributed by atoms with Gasteiger partial charge in [-0.25, -0.2) is 4.79 Å². The van der Waals surface area contributed by atoms with Crippen LogP contribution in [0.4, 0.5) is 4.79 Å². The van der Waals surface area contributed by atoms with E-state index in [0.717, 1.165) is 19.4 Å².